The van der Waals surface area contributed by atoms with Crippen LogP contribution in [0.5, 0.6) is 5.75 Å². The quantitative estimate of drug-likeness (QED) is 0.227. The number of alkyl halides is 3. The summed E-state index contributed by atoms with van der Waals surface area (Å²) in [6.45, 7) is 4.04. The number of aromatic nitrogens is 2. The van der Waals surface area contributed by atoms with Crippen LogP contribution < -0.4 is 15.4 Å². The maximum atomic E-state index is 13.5. The number of methoxy groups -OCH3 is 1. The molecule has 4 aromatic rings. The van der Waals surface area contributed by atoms with Crippen molar-refractivity contribution in [3.8, 4) is 11.4 Å². The summed E-state index contributed by atoms with van der Waals surface area (Å²) in [5.41, 5.74) is 3.44. The minimum absolute atomic E-state index is 0.137. The second kappa shape index (κ2) is 11.8. The summed E-state index contributed by atoms with van der Waals surface area (Å²) in [6, 6.07) is 19.3. The molecule has 7 nitrogen and oxygen atoms in total. The van der Waals surface area contributed by atoms with Crippen molar-refractivity contribution in [3.63, 3.8) is 0 Å². The second-order valence-electron chi connectivity index (χ2n) is 10.0. The maximum absolute atomic E-state index is 13.5. The minimum Gasteiger partial charge on any atom is -0.495 e. The molecule has 0 spiro atoms. The third kappa shape index (κ3) is 5.82. The van der Waals surface area contributed by atoms with Crippen molar-refractivity contribution in [2.45, 2.75) is 38.5 Å². The molecule has 1 aliphatic heterocycles. The molecule has 42 heavy (non-hydrogen) atoms. The lowest BCUT2D eigenvalue weighted by Gasteiger charge is -2.28. The van der Waals surface area contributed by atoms with Gasteiger partial charge in [-0.3, -0.25) is 9.78 Å². The number of hydrogen-bond acceptors (Lipinski definition) is 4. The van der Waals surface area contributed by atoms with Crippen LogP contribution in [0.3, 0.4) is 0 Å². The molecule has 0 saturated carbocycles. The van der Waals surface area contributed by atoms with Gasteiger partial charge in [0.25, 0.3) is 0 Å². The largest absolute Gasteiger partial charge is 0.495 e. The Bertz CT molecular complexity index is 1610. The van der Waals surface area contributed by atoms with Gasteiger partial charge in [-0.1, -0.05) is 24.3 Å². The first kappa shape index (κ1) is 29.1. The molecule has 3 heterocycles. The fourth-order valence-corrected chi connectivity index (χ4v) is 5.80. The van der Waals surface area contributed by atoms with Crippen molar-refractivity contribution < 1.29 is 22.7 Å². The molecule has 218 valence electrons. The number of carbonyl (C=O) groups excluding carboxylic acids is 1. The van der Waals surface area contributed by atoms with E-state index in [0.717, 1.165) is 34.8 Å². The molecule has 1 fully saturated rings. The Morgan fingerprint density at radius 2 is 1.83 bits per heavy atom. The molecule has 1 amide bonds. The third-order valence-electron chi connectivity index (χ3n) is 7.38. The molecule has 0 bridgehead atoms. The maximum Gasteiger partial charge on any atom is 0.416 e. The van der Waals surface area contributed by atoms with Crippen LogP contribution in [0.4, 0.5) is 18.9 Å². The number of aryl methyl sites for hydroxylation is 1. The van der Waals surface area contributed by atoms with Gasteiger partial charge in [-0.05, 0) is 80.2 Å². The number of benzene rings is 2. The van der Waals surface area contributed by atoms with E-state index in [1.807, 2.05) is 59.7 Å². The van der Waals surface area contributed by atoms with Crippen molar-refractivity contribution in [1.29, 1.82) is 0 Å². The summed E-state index contributed by atoms with van der Waals surface area (Å²) in [5, 5.41) is 6.73. The van der Waals surface area contributed by atoms with E-state index in [9.17, 15) is 18.0 Å². The summed E-state index contributed by atoms with van der Waals surface area (Å²) >= 11 is 5.75. The Balaban J connectivity index is 1.48. The number of thiocarbonyl (C=S) groups is 1. The predicted octanol–water partition coefficient (Wildman–Crippen LogP) is 6.52. The molecule has 0 radical (unpaired) electrons. The zero-order valence-corrected chi connectivity index (χ0v) is 24.1. The minimum atomic E-state index is -4.46. The molecule has 1 saturated heterocycles. The number of pyridine rings is 1. The van der Waals surface area contributed by atoms with E-state index in [1.54, 1.807) is 24.4 Å². The summed E-state index contributed by atoms with van der Waals surface area (Å²) in [4.78, 5) is 19.5. The van der Waals surface area contributed by atoms with Crippen LogP contribution >= 0.6 is 12.2 Å². The van der Waals surface area contributed by atoms with Crippen LogP contribution in [0.1, 0.15) is 46.7 Å². The normalized spacial score (nSPS) is 16.8. The highest BCUT2D eigenvalue weighted by Gasteiger charge is 2.41. The van der Waals surface area contributed by atoms with Crippen LogP contribution in [0.2, 0.25) is 0 Å². The van der Waals surface area contributed by atoms with Gasteiger partial charge in [0.05, 0.1) is 36.1 Å². The van der Waals surface area contributed by atoms with Gasteiger partial charge in [0.1, 0.15) is 5.75 Å². The number of nitrogens with one attached hydrogen (secondary N) is 2. The van der Waals surface area contributed by atoms with Crippen molar-refractivity contribution in [1.82, 2.24) is 19.8 Å². The van der Waals surface area contributed by atoms with E-state index >= 15 is 0 Å². The molecule has 2 aromatic heterocycles. The molecule has 1 aliphatic rings. The highest BCUT2D eigenvalue weighted by atomic mass is 32.1. The van der Waals surface area contributed by atoms with Gasteiger partial charge >= 0.3 is 6.18 Å². The Morgan fingerprint density at radius 1 is 1.07 bits per heavy atom. The monoisotopic (exact) mass is 593 g/mol. The van der Waals surface area contributed by atoms with Crippen LogP contribution in [-0.2, 0) is 11.0 Å². The molecule has 0 aliphatic carbocycles. The second-order valence-corrected chi connectivity index (χ2v) is 10.4. The van der Waals surface area contributed by atoms with Gasteiger partial charge in [-0.2, -0.15) is 13.2 Å². The topological polar surface area (TPSA) is 71.4 Å². The summed E-state index contributed by atoms with van der Waals surface area (Å²) in [7, 11) is 1.54. The number of halogens is 3. The van der Waals surface area contributed by atoms with Crippen molar-refractivity contribution in [3.05, 3.63) is 107 Å². The number of hydrogen-bond donors (Lipinski definition) is 2. The number of carbonyl (C=O) groups is 1. The van der Waals surface area contributed by atoms with Crippen molar-refractivity contribution in [2.24, 2.45) is 0 Å². The van der Waals surface area contributed by atoms with E-state index in [1.165, 1.54) is 13.2 Å². The van der Waals surface area contributed by atoms with E-state index in [4.69, 9.17) is 17.0 Å². The van der Waals surface area contributed by atoms with Gasteiger partial charge in [0.2, 0.25) is 5.91 Å². The Morgan fingerprint density at radius 3 is 2.55 bits per heavy atom. The summed E-state index contributed by atoms with van der Waals surface area (Å²) in [5.74, 6) is 0.344. The Kier molecular flexibility index (Phi) is 8.22. The molecule has 11 heteroatoms. The van der Waals surface area contributed by atoms with Gasteiger partial charge in [-0.15, -0.1) is 0 Å². The first-order valence-electron chi connectivity index (χ1n) is 13.4. The molecule has 5 rings (SSSR count). The van der Waals surface area contributed by atoms with E-state index in [2.05, 4.69) is 15.6 Å². The molecule has 2 aromatic carbocycles. The average molecular weight is 594 g/mol. The number of nitrogens with zero attached hydrogens (tertiary/aromatic N) is 3. The first-order chi connectivity index (χ1) is 20.1. The number of amides is 1. The smallest absolute Gasteiger partial charge is 0.416 e. The molecular formula is C31H30F3N5O2S. The SMILES string of the molecule is COc1ccccc1NC(=O)CCN1C(=S)NC(c2ccccn2)C1c1cc(C)n(-c2cccc(C(F)(F)F)c2)c1C. The van der Waals surface area contributed by atoms with Crippen molar-refractivity contribution in [2.75, 3.05) is 19.0 Å². The van der Waals surface area contributed by atoms with E-state index < -0.39 is 11.7 Å². The number of rotatable bonds is 8. The van der Waals surface area contributed by atoms with Gasteiger partial charge in [0.15, 0.2) is 5.11 Å². The molecular weight excluding hydrogens is 563 g/mol. The zero-order chi connectivity index (χ0) is 30.0. The first-order valence-corrected chi connectivity index (χ1v) is 13.8. The summed E-state index contributed by atoms with van der Waals surface area (Å²) < 4.78 is 47.7. The van der Waals surface area contributed by atoms with Crippen LogP contribution in [0.15, 0.2) is 79.0 Å². The standard InChI is InChI=1S/C31H30F3N5O2S/c1-19-17-23(20(2)39(19)22-10-8-9-21(18-22)31(32,33)34)29-28(25-12-6-7-15-35-25)37-30(42)38(29)16-14-27(40)36-24-11-4-5-13-26(24)41-3/h4-13,15,17-18,28-29H,14,16H2,1-3H3,(H,36,40)(H,37,42). The number of ether oxygens (including phenoxy) is 1. The highest BCUT2D eigenvalue weighted by Crippen LogP contribution is 2.42. The molecule has 2 atom stereocenters. The number of anilines is 1. The fraction of sp³-hybridized carbons (Fsp3) is 0.258. The Labute approximate surface area is 247 Å². The highest BCUT2D eigenvalue weighted by molar-refractivity contribution is 7.80. The van der Waals surface area contributed by atoms with Crippen molar-refractivity contribution >= 4 is 28.9 Å². The van der Waals surface area contributed by atoms with Crippen LogP contribution in [0.25, 0.3) is 5.69 Å². The summed E-state index contributed by atoms with van der Waals surface area (Å²) in [6.07, 6.45) is -2.62. The van der Waals surface area contributed by atoms with Gasteiger partial charge in [-0.25, -0.2) is 0 Å². The van der Waals surface area contributed by atoms with Gasteiger partial charge in [0, 0.05) is 36.2 Å². The predicted molar refractivity (Wildman–Crippen MR) is 159 cm³/mol. The van der Waals surface area contributed by atoms with E-state index in [0.29, 0.717) is 28.8 Å². The van der Waals surface area contributed by atoms with Gasteiger partial charge < -0.3 is 24.8 Å². The average Bonchev–Trinajstić information content (AvgIpc) is 3.46. The lowest BCUT2D eigenvalue weighted by molar-refractivity contribution is -0.137. The lowest BCUT2D eigenvalue weighted by atomic mass is 9.96. The zero-order valence-electron chi connectivity index (χ0n) is 23.3. The number of para-hydroxylation sites is 2. The van der Waals surface area contributed by atoms with E-state index in [-0.39, 0.29) is 24.4 Å². The third-order valence-corrected chi connectivity index (χ3v) is 7.73. The molecule has 2 N–H and O–H groups in total. The van der Waals surface area contributed by atoms with Crippen LogP contribution in [0, 0.1) is 13.8 Å². The molecule has 2 unspecified atom stereocenters. The lowest BCUT2D eigenvalue weighted by Crippen LogP contribution is -2.33. The Hall–Kier alpha value is -4.38. The van der Waals surface area contributed by atoms with Crippen LogP contribution in [-0.4, -0.2) is 39.1 Å². The fourth-order valence-electron chi connectivity index (χ4n) is 5.47.